The van der Waals surface area contributed by atoms with Gasteiger partial charge in [0.2, 0.25) is 0 Å². The molecule has 0 N–H and O–H groups in total. The van der Waals surface area contributed by atoms with Gasteiger partial charge in [-0.25, -0.2) is 4.98 Å². The Morgan fingerprint density at radius 2 is 1.81 bits per heavy atom. The van der Waals surface area contributed by atoms with Crippen LogP contribution in [0.15, 0.2) is 66.7 Å². The van der Waals surface area contributed by atoms with Crippen LogP contribution < -0.4 is 9.64 Å². The number of fused-ring (bicyclic) bond motifs is 1. The zero-order valence-electron chi connectivity index (χ0n) is 20.8. The van der Waals surface area contributed by atoms with Gasteiger partial charge in [0.15, 0.2) is 5.13 Å². The number of benzene rings is 3. The molecule has 0 bridgehead atoms. The Hall–Kier alpha value is -3.26. The van der Waals surface area contributed by atoms with Crippen LogP contribution in [0.4, 0.5) is 5.13 Å². The standard InChI is InChI=1S/C29H31N3O3S/c1-21-18-22(2)27-26(19-21)36-29(30-27)32(13-7-12-31-14-16-34-17-15-31)28(33)23-8-6-11-25(20-23)35-24-9-4-3-5-10-24/h3-6,8-11,18-20H,7,12-17H2,1-2H3. The third-order valence-corrected chi connectivity index (χ3v) is 7.34. The molecule has 3 aromatic carbocycles. The van der Waals surface area contributed by atoms with Crippen molar-refractivity contribution in [2.75, 3.05) is 44.3 Å². The number of nitrogens with zero attached hydrogens (tertiary/aromatic N) is 3. The molecule has 4 aromatic rings. The number of aryl methyl sites for hydroxylation is 2. The summed E-state index contributed by atoms with van der Waals surface area (Å²) in [4.78, 5) is 23.0. The number of anilines is 1. The largest absolute Gasteiger partial charge is 0.457 e. The highest BCUT2D eigenvalue weighted by Gasteiger charge is 2.23. The molecule has 0 aliphatic carbocycles. The number of rotatable bonds is 8. The summed E-state index contributed by atoms with van der Waals surface area (Å²) >= 11 is 1.58. The molecule has 0 unspecified atom stereocenters. The summed E-state index contributed by atoms with van der Waals surface area (Å²) in [5.41, 5.74) is 3.88. The second-order valence-electron chi connectivity index (χ2n) is 9.13. The average molecular weight is 502 g/mol. The molecule has 7 heteroatoms. The van der Waals surface area contributed by atoms with Gasteiger partial charge in [-0.05, 0) is 67.8 Å². The van der Waals surface area contributed by atoms with Crippen LogP contribution in [0.2, 0.25) is 0 Å². The molecule has 1 aliphatic rings. The summed E-state index contributed by atoms with van der Waals surface area (Å²) in [6, 6.07) is 21.3. The van der Waals surface area contributed by atoms with E-state index in [2.05, 4.69) is 30.9 Å². The number of morpholine rings is 1. The first kappa shape index (κ1) is 24.4. The molecule has 36 heavy (non-hydrogen) atoms. The molecule has 0 atom stereocenters. The van der Waals surface area contributed by atoms with Crippen LogP contribution in [0, 0.1) is 13.8 Å². The van der Waals surface area contributed by atoms with E-state index in [9.17, 15) is 4.79 Å². The van der Waals surface area contributed by atoms with Gasteiger partial charge in [0.1, 0.15) is 11.5 Å². The maximum absolute atomic E-state index is 13.9. The van der Waals surface area contributed by atoms with Gasteiger partial charge in [0.25, 0.3) is 5.91 Å². The Morgan fingerprint density at radius 1 is 1.03 bits per heavy atom. The fraction of sp³-hybridized carbons (Fsp3) is 0.310. The highest BCUT2D eigenvalue weighted by molar-refractivity contribution is 7.22. The van der Waals surface area contributed by atoms with Gasteiger partial charge in [-0.15, -0.1) is 0 Å². The lowest BCUT2D eigenvalue weighted by Crippen LogP contribution is -2.39. The summed E-state index contributed by atoms with van der Waals surface area (Å²) in [6.07, 6.45) is 0.861. The zero-order chi connectivity index (χ0) is 24.9. The van der Waals surface area contributed by atoms with Crippen molar-refractivity contribution >= 4 is 32.6 Å². The van der Waals surface area contributed by atoms with E-state index in [1.54, 1.807) is 11.3 Å². The number of amides is 1. The minimum absolute atomic E-state index is 0.0658. The summed E-state index contributed by atoms with van der Waals surface area (Å²) < 4.78 is 12.6. The van der Waals surface area contributed by atoms with E-state index in [0.717, 1.165) is 65.9 Å². The van der Waals surface area contributed by atoms with Gasteiger partial charge < -0.3 is 9.47 Å². The molecular weight excluding hydrogens is 470 g/mol. The van der Waals surface area contributed by atoms with Crippen LogP contribution in [0.25, 0.3) is 10.2 Å². The molecule has 1 fully saturated rings. The first-order chi connectivity index (χ1) is 17.6. The Morgan fingerprint density at radius 3 is 2.61 bits per heavy atom. The lowest BCUT2D eigenvalue weighted by molar-refractivity contribution is 0.0376. The number of thiazole rings is 1. The van der Waals surface area contributed by atoms with E-state index in [0.29, 0.717) is 17.9 Å². The minimum Gasteiger partial charge on any atom is -0.457 e. The van der Waals surface area contributed by atoms with Crippen LogP contribution in [0.1, 0.15) is 27.9 Å². The monoisotopic (exact) mass is 501 g/mol. The number of para-hydroxylation sites is 1. The highest BCUT2D eigenvalue weighted by Crippen LogP contribution is 2.33. The molecule has 5 rings (SSSR count). The second-order valence-corrected chi connectivity index (χ2v) is 10.1. The summed E-state index contributed by atoms with van der Waals surface area (Å²) in [5, 5.41) is 0.736. The van der Waals surface area contributed by atoms with Gasteiger partial charge in [-0.3, -0.25) is 14.6 Å². The SMILES string of the molecule is Cc1cc(C)c2nc(N(CCCN3CCOCC3)C(=O)c3cccc(Oc4ccccc4)c3)sc2c1. The molecule has 1 amide bonds. The van der Waals surface area contributed by atoms with Crippen LogP contribution in [-0.2, 0) is 4.74 Å². The fourth-order valence-corrected chi connectivity index (χ4v) is 5.67. The van der Waals surface area contributed by atoms with Gasteiger partial charge in [-0.1, -0.05) is 41.7 Å². The number of carbonyl (C=O) groups is 1. The Bertz CT molecular complexity index is 1330. The normalized spacial score (nSPS) is 14.2. The van der Waals surface area contributed by atoms with Crippen molar-refractivity contribution in [3.63, 3.8) is 0 Å². The van der Waals surface area contributed by atoms with E-state index in [1.807, 2.05) is 59.5 Å². The van der Waals surface area contributed by atoms with Crippen molar-refractivity contribution in [1.29, 1.82) is 0 Å². The topological polar surface area (TPSA) is 54.9 Å². The van der Waals surface area contributed by atoms with E-state index in [1.165, 1.54) is 5.56 Å². The second kappa shape index (κ2) is 11.2. The van der Waals surface area contributed by atoms with E-state index >= 15 is 0 Å². The maximum atomic E-state index is 13.9. The van der Waals surface area contributed by atoms with Gasteiger partial charge >= 0.3 is 0 Å². The van der Waals surface area contributed by atoms with Crippen molar-refractivity contribution in [2.45, 2.75) is 20.3 Å². The minimum atomic E-state index is -0.0658. The highest BCUT2D eigenvalue weighted by atomic mass is 32.1. The number of ether oxygens (including phenoxy) is 2. The van der Waals surface area contributed by atoms with Crippen LogP contribution in [0.3, 0.4) is 0 Å². The molecule has 6 nitrogen and oxygen atoms in total. The predicted molar refractivity (Wildman–Crippen MR) is 146 cm³/mol. The Balaban J connectivity index is 1.41. The molecule has 1 saturated heterocycles. The number of hydrogen-bond donors (Lipinski definition) is 0. The van der Waals surface area contributed by atoms with Crippen LogP contribution in [0.5, 0.6) is 11.5 Å². The fourth-order valence-electron chi connectivity index (χ4n) is 4.51. The molecule has 2 heterocycles. The number of hydrogen-bond acceptors (Lipinski definition) is 6. The molecule has 186 valence electrons. The lowest BCUT2D eigenvalue weighted by Gasteiger charge is -2.27. The van der Waals surface area contributed by atoms with Gasteiger partial charge in [0.05, 0.1) is 23.4 Å². The van der Waals surface area contributed by atoms with Crippen LogP contribution in [-0.4, -0.2) is 55.2 Å². The molecule has 1 aromatic heterocycles. The maximum Gasteiger partial charge on any atom is 0.260 e. The van der Waals surface area contributed by atoms with E-state index in [4.69, 9.17) is 14.5 Å². The Kier molecular flexibility index (Phi) is 7.60. The van der Waals surface area contributed by atoms with Gasteiger partial charge in [-0.2, -0.15) is 0 Å². The molecule has 1 aliphatic heterocycles. The van der Waals surface area contributed by atoms with Crippen molar-refractivity contribution in [2.24, 2.45) is 0 Å². The predicted octanol–water partition coefficient (Wildman–Crippen LogP) is 6.07. The lowest BCUT2D eigenvalue weighted by atomic mass is 10.1. The molecule has 0 saturated carbocycles. The number of carbonyl (C=O) groups excluding carboxylic acids is 1. The molecular formula is C29H31N3O3S. The third kappa shape index (κ3) is 5.75. The van der Waals surface area contributed by atoms with Crippen LogP contribution >= 0.6 is 11.3 Å². The van der Waals surface area contributed by atoms with E-state index in [-0.39, 0.29) is 5.91 Å². The Labute approximate surface area is 216 Å². The first-order valence-electron chi connectivity index (χ1n) is 12.4. The average Bonchev–Trinajstić information content (AvgIpc) is 3.32. The summed E-state index contributed by atoms with van der Waals surface area (Å²) in [7, 11) is 0. The molecule has 0 spiro atoms. The van der Waals surface area contributed by atoms with Gasteiger partial charge in [0, 0.05) is 31.7 Å². The zero-order valence-corrected chi connectivity index (χ0v) is 21.6. The van der Waals surface area contributed by atoms with Crippen molar-refractivity contribution < 1.29 is 14.3 Å². The molecule has 0 radical (unpaired) electrons. The number of aromatic nitrogens is 1. The summed E-state index contributed by atoms with van der Waals surface area (Å²) in [5.74, 6) is 1.31. The van der Waals surface area contributed by atoms with E-state index < -0.39 is 0 Å². The van der Waals surface area contributed by atoms with Crippen molar-refractivity contribution in [3.8, 4) is 11.5 Å². The summed E-state index contributed by atoms with van der Waals surface area (Å²) in [6.45, 7) is 9.10. The third-order valence-electron chi connectivity index (χ3n) is 6.31. The smallest absolute Gasteiger partial charge is 0.260 e. The van der Waals surface area contributed by atoms with Crippen molar-refractivity contribution in [3.05, 3.63) is 83.4 Å². The van der Waals surface area contributed by atoms with Crippen molar-refractivity contribution in [1.82, 2.24) is 9.88 Å². The first-order valence-corrected chi connectivity index (χ1v) is 13.2. The quantitative estimate of drug-likeness (QED) is 0.293.